The van der Waals surface area contributed by atoms with Crippen molar-refractivity contribution in [3.05, 3.63) is 71.7 Å². The molecule has 0 spiro atoms. The number of carbonyl (C=O) groups excluding carboxylic acids is 2. The number of hydrogen-bond donors (Lipinski definition) is 2. The Labute approximate surface area is 204 Å². The van der Waals surface area contributed by atoms with Crippen LogP contribution in [-0.2, 0) is 10.0 Å². The Bertz CT molecular complexity index is 1330. The Morgan fingerprint density at radius 3 is 2.49 bits per heavy atom. The number of rotatable bonds is 8. The molecule has 2 amide bonds. The Morgan fingerprint density at radius 1 is 1.03 bits per heavy atom. The summed E-state index contributed by atoms with van der Waals surface area (Å²) in [7, 11) is -3.76. The molecular formula is C25H27N3O6S. The minimum Gasteiger partial charge on any atom is -0.492 e. The molecule has 0 radical (unpaired) electrons. The fraction of sp³-hybridized carbons (Fsp3) is 0.280. The van der Waals surface area contributed by atoms with Gasteiger partial charge >= 0.3 is 0 Å². The minimum atomic E-state index is -3.76. The highest BCUT2D eigenvalue weighted by molar-refractivity contribution is 7.89. The van der Waals surface area contributed by atoms with Crippen LogP contribution in [0.25, 0.3) is 0 Å². The highest BCUT2D eigenvalue weighted by Gasteiger charge is 2.30. The van der Waals surface area contributed by atoms with E-state index in [0.717, 1.165) is 18.4 Å². The van der Waals surface area contributed by atoms with Gasteiger partial charge in [-0.15, -0.1) is 0 Å². The predicted octanol–water partition coefficient (Wildman–Crippen LogP) is 4.28. The molecular weight excluding hydrogens is 470 g/mol. The van der Waals surface area contributed by atoms with Crippen molar-refractivity contribution in [2.24, 2.45) is 0 Å². The van der Waals surface area contributed by atoms with E-state index in [1.807, 2.05) is 0 Å². The van der Waals surface area contributed by atoms with Gasteiger partial charge in [-0.25, -0.2) is 8.42 Å². The molecule has 2 heterocycles. The van der Waals surface area contributed by atoms with Gasteiger partial charge in [0.2, 0.25) is 10.0 Å². The van der Waals surface area contributed by atoms with Gasteiger partial charge in [0.15, 0.2) is 5.76 Å². The summed E-state index contributed by atoms with van der Waals surface area (Å²) in [6.07, 6.45) is 3.03. The summed E-state index contributed by atoms with van der Waals surface area (Å²) in [6, 6.07) is 12.6. The van der Waals surface area contributed by atoms with Crippen LogP contribution in [0.2, 0.25) is 0 Å². The predicted molar refractivity (Wildman–Crippen MR) is 131 cm³/mol. The van der Waals surface area contributed by atoms with E-state index in [4.69, 9.17) is 9.15 Å². The molecule has 1 saturated heterocycles. The van der Waals surface area contributed by atoms with E-state index >= 15 is 0 Å². The summed E-state index contributed by atoms with van der Waals surface area (Å²) in [4.78, 5) is 25.4. The van der Waals surface area contributed by atoms with Gasteiger partial charge in [0.1, 0.15) is 10.6 Å². The number of carbonyl (C=O) groups is 2. The van der Waals surface area contributed by atoms with Gasteiger partial charge in [-0.05, 0) is 74.7 Å². The molecule has 1 aliphatic rings. The van der Waals surface area contributed by atoms with Gasteiger partial charge in [-0.2, -0.15) is 4.31 Å². The summed E-state index contributed by atoms with van der Waals surface area (Å²) in [5.41, 5.74) is 1.84. The SMILES string of the molecule is CCOc1ccc(NC(=O)c2ccc(C)c(NC(=O)c3ccco3)c2)cc1S(=O)(=O)N1CCCC1. The van der Waals surface area contributed by atoms with Gasteiger partial charge in [0.05, 0.1) is 12.9 Å². The molecule has 0 saturated carbocycles. The van der Waals surface area contributed by atoms with Gasteiger partial charge < -0.3 is 19.8 Å². The second-order valence-corrected chi connectivity index (χ2v) is 10.0. The molecule has 10 heteroatoms. The summed E-state index contributed by atoms with van der Waals surface area (Å²) in [5.74, 6) is -0.484. The van der Waals surface area contributed by atoms with Crippen molar-refractivity contribution < 1.29 is 27.2 Å². The van der Waals surface area contributed by atoms with Crippen LogP contribution in [0.15, 0.2) is 64.1 Å². The van der Waals surface area contributed by atoms with E-state index < -0.39 is 21.8 Å². The lowest BCUT2D eigenvalue weighted by Crippen LogP contribution is -2.28. The number of amides is 2. The maximum Gasteiger partial charge on any atom is 0.291 e. The Balaban J connectivity index is 1.57. The fourth-order valence-corrected chi connectivity index (χ4v) is 5.50. The van der Waals surface area contributed by atoms with E-state index in [1.54, 1.807) is 56.3 Å². The summed E-state index contributed by atoms with van der Waals surface area (Å²) < 4.78 is 38.5. The van der Waals surface area contributed by atoms with Crippen molar-refractivity contribution in [3.8, 4) is 5.75 Å². The molecule has 0 aliphatic carbocycles. The highest BCUT2D eigenvalue weighted by atomic mass is 32.2. The molecule has 1 fully saturated rings. The maximum atomic E-state index is 13.2. The number of furan rings is 1. The third-order valence-electron chi connectivity index (χ3n) is 5.68. The first kappa shape index (κ1) is 24.5. The molecule has 2 N–H and O–H groups in total. The third-order valence-corrected chi connectivity index (χ3v) is 7.60. The number of aryl methyl sites for hydroxylation is 1. The van der Waals surface area contributed by atoms with E-state index in [-0.39, 0.29) is 16.4 Å². The highest BCUT2D eigenvalue weighted by Crippen LogP contribution is 2.32. The molecule has 9 nitrogen and oxygen atoms in total. The fourth-order valence-electron chi connectivity index (χ4n) is 3.82. The van der Waals surface area contributed by atoms with E-state index in [1.165, 1.54) is 16.6 Å². The lowest BCUT2D eigenvalue weighted by atomic mass is 10.1. The van der Waals surface area contributed by atoms with Crippen molar-refractivity contribution in [2.75, 3.05) is 30.3 Å². The van der Waals surface area contributed by atoms with E-state index in [2.05, 4.69) is 10.6 Å². The average Bonchev–Trinajstić information content (AvgIpc) is 3.56. The molecule has 1 aliphatic heterocycles. The van der Waals surface area contributed by atoms with Crippen molar-refractivity contribution in [2.45, 2.75) is 31.6 Å². The lowest BCUT2D eigenvalue weighted by molar-refractivity contribution is 0.0993. The van der Waals surface area contributed by atoms with Crippen molar-refractivity contribution in [1.29, 1.82) is 0 Å². The number of nitrogens with zero attached hydrogens (tertiary/aromatic N) is 1. The van der Waals surface area contributed by atoms with Gasteiger partial charge in [0, 0.05) is 30.0 Å². The van der Waals surface area contributed by atoms with Crippen LogP contribution in [0.4, 0.5) is 11.4 Å². The molecule has 2 aromatic carbocycles. The second-order valence-electron chi connectivity index (χ2n) is 8.12. The van der Waals surface area contributed by atoms with Crippen molar-refractivity contribution in [1.82, 2.24) is 4.31 Å². The van der Waals surface area contributed by atoms with Crippen LogP contribution in [0.1, 0.15) is 46.2 Å². The zero-order valence-electron chi connectivity index (χ0n) is 19.5. The number of nitrogens with one attached hydrogen (secondary N) is 2. The number of ether oxygens (including phenoxy) is 1. The lowest BCUT2D eigenvalue weighted by Gasteiger charge is -2.19. The van der Waals surface area contributed by atoms with E-state index in [0.29, 0.717) is 36.6 Å². The normalized spacial score (nSPS) is 14.0. The number of anilines is 2. The van der Waals surface area contributed by atoms with Crippen LogP contribution in [0, 0.1) is 6.92 Å². The average molecular weight is 498 g/mol. The molecule has 1 aromatic heterocycles. The summed E-state index contributed by atoms with van der Waals surface area (Å²) >= 11 is 0. The largest absolute Gasteiger partial charge is 0.492 e. The van der Waals surface area contributed by atoms with Crippen LogP contribution in [0.3, 0.4) is 0 Å². The zero-order chi connectivity index (χ0) is 25.0. The van der Waals surface area contributed by atoms with Gasteiger partial charge in [0.25, 0.3) is 11.8 Å². The molecule has 0 bridgehead atoms. The first-order valence-electron chi connectivity index (χ1n) is 11.3. The van der Waals surface area contributed by atoms with Crippen LogP contribution < -0.4 is 15.4 Å². The maximum absolute atomic E-state index is 13.2. The molecule has 184 valence electrons. The van der Waals surface area contributed by atoms with Crippen molar-refractivity contribution in [3.63, 3.8) is 0 Å². The molecule has 4 rings (SSSR count). The van der Waals surface area contributed by atoms with Crippen molar-refractivity contribution >= 4 is 33.2 Å². The summed E-state index contributed by atoms with van der Waals surface area (Å²) in [5, 5.41) is 5.49. The minimum absolute atomic E-state index is 0.0226. The van der Waals surface area contributed by atoms with Crippen LogP contribution >= 0.6 is 0 Å². The first-order valence-corrected chi connectivity index (χ1v) is 12.8. The number of sulfonamides is 1. The third kappa shape index (κ3) is 5.39. The first-order chi connectivity index (χ1) is 16.8. The molecule has 3 aromatic rings. The zero-order valence-corrected chi connectivity index (χ0v) is 20.4. The van der Waals surface area contributed by atoms with Crippen LogP contribution in [0.5, 0.6) is 5.75 Å². The quantitative estimate of drug-likeness (QED) is 0.480. The number of benzene rings is 2. The summed E-state index contributed by atoms with van der Waals surface area (Å²) in [6.45, 7) is 4.81. The molecule has 35 heavy (non-hydrogen) atoms. The Morgan fingerprint density at radius 2 is 1.80 bits per heavy atom. The number of hydrogen-bond acceptors (Lipinski definition) is 6. The second kappa shape index (κ2) is 10.3. The van der Waals surface area contributed by atoms with Crippen LogP contribution in [-0.4, -0.2) is 44.2 Å². The smallest absolute Gasteiger partial charge is 0.291 e. The van der Waals surface area contributed by atoms with Gasteiger partial charge in [-0.3, -0.25) is 9.59 Å². The Kier molecular flexibility index (Phi) is 7.23. The molecule has 0 atom stereocenters. The Hall–Kier alpha value is -3.63. The topological polar surface area (TPSA) is 118 Å². The monoisotopic (exact) mass is 497 g/mol. The standard InChI is InChI=1S/C25H27N3O6S/c1-3-33-21-11-10-19(16-23(21)35(31,32)28-12-4-5-13-28)26-24(29)18-9-8-17(2)20(15-18)27-25(30)22-7-6-14-34-22/h6-11,14-16H,3-5,12-13H2,1-2H3,(H,26,29)(H,27,30). The van der Waals surface area contributed by atoms with E-state index in [9.17, 15) is 18.0 Å². The molecule has 0 unspecified atom stereocenters. The van der Waals surface area contributed by atoms with Gasteiger partial charge in [-0.1, -0.05) is 6.07 Å².